The van der Waals surface area contributed by atoms with E-state index in [1.165, 1.54) is 24.3 Å². The second kappa shape index (κ2) is 12.7. The molecule has 0 bridgehead atoms. The van der Waals surface area contributed by atoms with Crippen molar-refractivity contribution in [3.8, 4) is 0 Å². The molecule has 0 saturated carbocycles. The summed E-state index contributed by atoms with van der Waals surface area (Å²) >= 11 is 0. The Kier molecular flexibility index (Phi) is 10.2. The molecule has 2 amide bonds. The topological polar surface area (TPSA) is 86.8 Å². The number of sulfonamides is 1. The first kappa shape index (κ1) is 28.3. The number of halogens is 1. The lowest BCUT2D eigenvalue weighted by molar-refractivity contribution is -0.141. The van der Waals surface area contributed by atoms with Crippen LogP contribution in [-0.4, -0.2) is 50.0 Å². The fraction of sp³-hybridized carbons (Fsp3) is 0.462. The predicted molar refractivity (Wildman–Crippen MR) is 137 cm³/mol. The Morgan fingerprint density at radius 3 is 2.29 bits per heavy atom. The van der Waals surface area contributed by atoms with Crippen LogP contribution < -0.4 is 9.62 Å². The molecule has 0 aliphatic heterocycles. The molecule has 1 N–H and O–H groups in total. The van der Waals surface area contributed by atoms with E-state index >= 15 is 0 Å². The third-order valence-electron chi connectivity index (χ3n) is 5.52. The molecular weight excluding hydrogens is 469 g/mol. The molecule has 0 unspecified atom stereocenters. The van der Waals surface area contributed by atoms with E-state index in [0.29, 0.717) is 12.1 Å². The van der Waals surface area contributed by atoms with Gasteiger partial charge in [-0.3, -0.25) is 13.9 Å². The van der Waals surface area contributed by atoms with Crippen LogP contribution in [0.25, 0.3) is 0 Å². The van der Waals surface area contributed by atoms with E-state index in [1.807, 2.05) is 52.0 Å². The summed E-state index contributed by atoms with van der Waals surface area (Å²) in [6, 6.07) is 12.2. The van der Waals surface area contributed by atoms with Gasteiger partial charge in [0, 0.05) is 25.6 Å². The number of aryl methyl sites for hydroxylation is 1. The highest BCUT2D eigenvalue weighted by Gasteiger charge is 2.29. The Morgan fingerprint density at radius 2 is 1.74 bits per heavy atom. The van der Waals surface area contributed by atoms with Crippen LogP contribution in [0.15, 0.2) is 48.5 Å². The number of benzene rings is 2. The molecule has 0 radical (unpaired) electrons. The van der Waals surface area contributed by atoms with Crippen LogP contribution in [0.2, 0.25) is 0 Å². The zero-order chi connectivity index (χ0) is 26.2. The van der Waals surface area contributed by atoms with E-state index in [-0.39, 0.29) is 43.8 Å². The number of amides is 2. The Bertz CT molecular complexity index is 1100. The molecule has 0 heterocycles. The summed E-state index contributed by atoms with van der Waals surface area (Å²) in [4.78, 5) is 27.8. The molecular formula is C26H36FN3O4S. The summed E-state index contributed by atoms with van der Waals surface area (Å²) < 4.78 is 39.1. The smallest absolute Gasteiger partial charge is 0.243 e. The molecule has 0 aliphatic rings. The van der Waals surface area contributed by atoms with E-state index in [4.69, 9.17) is 0 Å². The Balaban J connectivity index is 2.21. The Hall–Kier alpha value is -2.94. The molecule has 35 heavy (non-hydrogen) atoms. The summed E-state index contributed by atoms with van der Waals surface area (Å²) in [6.45, 7) is 7.90. The van der Waals surface area contributed by atoms with Gasteiger partial charge < -0.3 is 10.2 Å². The molecule has 0 fully saturated rings. The molecule has 0 aliphatic carbocycles. The third kappa shape index (κ3) is 8.65. The van der Waals surface area contributed by atoms with Crippen molar-refractivity contribution in [2.75, 3.05) is 17.1 Å². The van der Waals surface area contributed by atoms with Gasteiger partial charge in [-0.1, -0.05) is 36.8 Å². The van der Waals surface area contributed by atoms with Crippen molar-refractivity contribution in [2.45, 2.75) is 65.6 Å². The van der Waals surface area contributed by atoms with Crippen molar-refractivity contribution in [2.24, 2.45) is 0 Å². The van der Waals surface area contributed by atoms with Crippen LogP contribution in [0.5, 0.6) is 0 Å². The van der Waals surface area contributed by atoms with Gasteiger partial charge in [-0.2, -0.15) is 0 Å². The molecule has 1 atom stereocenters. The van der Waals surface area contributed by atoms with E-state index in [1.54, 1.807) is 4.90 Å². The van der Waals surface area contributed by atoms with Crippen LogP contribution >= 0.6 is 0 Å². The molecule has 0 spiro atoms. The average molecular weight is 506 g/mol. The lowest BCUT2D eigenvalue weighted by Gasteiger charge is -2.31. The molecule has 0 aromatic heterocycles. The molecule has 0 saturated heterocycles. The first-order chi connectivity index (χ1) is 16.4. The van der Waals surface area contributed by atoms with Gasteiger partial charge in [0.1, 0.15) is 11.9 Å². The second-order valence-electron chi connectivity index (χ2n) is 9.01. The quantitative estimate of drug-likeness (QED) is 0.472. The van der Waals surface area contributed by atoms with Crippen LogP contribution in [0, 0.1) is 12.7 Å². The summed E-state index contributed by atoms with van der Waals surface area (Å²) in [5.41, 5.74) is 2.30. The van der Waals surface area contributed by atoms with Crippen LogP contribution in [0.3, 0.4) is 0 Å². The Morgan fingerprint density at radius 1 is 1.09 bits per heavy atom. The summed E-state index contributed by atoms with van der Waals surface area (Å²) in [5, 5.41) is 2.90. The molecule has 2 aromatic carbocycles. The van der Waals surface area contributed by atoms with Gasteiger partial charge in [0.05, 0.1) is 11.9 Å². The zero-order valence-electron chi connectivity index (χ0n) is 21.1. The van der Waals surface area contributed by atoms with Gasteiger partial charge in [-0.25, -0.2) is 12.8 Å². The average Bonchev–Trinajstić information content (AvgIpc) is 2.76. The van der Waals surface area contributed by atoms with Gasteiger partial charge in [0.2, 0.25) is 21.8 Å². The van der Waals surface area contributed by atoms with E-state index < -0.39 is 21.9 Å². The molecule has 2 aromatic rings. The maximum atomic E-state index is 13.4. The maximum absolute atomic E-state index is 13.4. The van der Waals surface area contributed by atoms with E-state index in [9.17, 15) is 22.4 Å². The van der Waals surface area contributed by atoms with E-state index in [0.717, 1.165) is 21.7 Å². The summed E-state index contributed by atoms with van der Waals surface area (Å²) in [5.74, 6) is -0.910. The first-order valence-electron chi connectivity index (χ1n) is 11.8. The number of hydrogen-bond donors (Lipinski definition) is 1. The minimum Gasteiger partial charge on any atom is -0.352 e. The SMILES string of the molecule is CC[C@H](C(=O)NC(C)C)N(Cc1cccc(C)c1)C(=O)CCCN(c1ccc(F)cc1)S(C)(=O)=O. The van der Waals surface area contributed by atoms with Crippen molar-refractivity contribution < 1.29 is 22.4 Å². The monoisotopic (exact) mass is 505 g/mol. The summed E-state index contributed by atoms with van der Waals surface area (Å²) in [6.07, 6.45) is 1.83. The standard InChI is InChI=1S/C26H36FN3O4S/c1-6-24(26(32)28-19(2)3)29(18-21-10-7-9-20(4)17-21)25(31)11-8-16-30(35(5,33)34)23-14-12-22(27)13-15-23/h7,9-10,12-15,17,19,24H,6,8,11,16,18H2,1-5H3,(H,28,32)/t24-/m1/s1. The largest absolute Gasteiger partial charge is 0.352 e. The molecule has 2 rings (SSSR count). The van der Waals surface area contributed by atoms with Crippen molar-refractivity contribution in [3.05, 3.63) is 65.5 Å². The lowest BCUT2D eigenvalue weighted by atomic mass is 10.1. The number of nitrogens with zero attached hydrogens (tertiary/aromatic N) is 2. The Labute approximate surface area is 208 Å². The minimum atomic E-state index is -3.63. The number of hydrogen-bond acceptors (Lipinski definition) is 4. The van der Waals surface area contributed by atoms with Crippen molar-refractivity contribution in [3.63, 3.8) is 0 Å². The summed E-state index contributed by atoms with van der Waals surface area (Å²) in [7, 11) is -3.63. The normalized spacial score (nSPS) is 12.3. The van der Waals surface area contributed by atoms with Gasteiger partial charge in [0.25, 0.3) is 0 Å². The molecule has 9 heteroatoms. The van der Waals surface area contributed by atoms with Gasteiger partial charge in [0.15, 0.2) is 0 Å². The van der Waals surface area contributed by atoms with Crippen molar-refractivity contribution in [1.82, 2.24) is 10.2 Å². The van der Waals surface area contributed by atoms with E-state index in [2.05, 4.69) is 5.32 Å². The predicted octanol–water partition coefficient (Wildman–Crippen LogP) is 4.01. The number of rotatable bonds is 12. The van der Waals surface area contributed by atoms with Crippen LogP contribution in [-0.2, 0) is 26.2 Å². The number of carbonyl (C=O) groups excluding carboxylic acids is 2. The minimum absolute atomic E-state index is 0.0590. The number of carbonyl (C=O) groups is 2. The molecule has 192 valence electrons. The highest BCUT2D eigenvalue weighted by molar-refractivity contribution is 7.92. The third-order valence-corrected chi connectivity index (χ3v) is 6.71. The second-order valence-corrected chi connectivity index (χ2v) is 10.9. The fourth-order valence-corrected chi connectivity index (χ4v) is 4.88. The van der Waals surface area contributed by atoms with Crippen molar-refractivity contribution in [1.29, 1.82) is 0 Å². The maximum Gasteiger partial charge on any atom is 0.243 e. The van der Waals surface area contributed by atoms with Gasteiger partial charge in [-0.05, 0) is 63.4 Å². The van der Waals surface area contributed by atoms with Crippen LogP contribution in [0.4, 0.5) is 10.1 Å². The number of nitrogens with one attached hydrogen (secondary N) is 1. The highest BCUT2D eigenvalue weighted by atomic mass is 32.2. The molecule has 7 nitrogen and oxygen atoms in total. The number of anilines is 1. The fourth-order valence-electron chi connectivity index (χ4n) is 3.92. The van der Waals surface area contributed by atoms with Gasteiger partial charge >= 0.3 is 0 Å². The first-order valence-corrected chi connectivity index (χ1v) is 13.7. The lowest BCUT2D eigenvalue weighted by Crippen LogP contribution is -2.50. The van der Waals surface area contributed by atoms with Gasteiger partial charge in [-0.15, -0.1) is 0 Å². The zero-order valence-corrected chi connectivity index (χ0v) is 21.9. The van der Waals surface area contributed by atoms with Crippen molar-refractivity contribution >= 4 is 27.5 Å². The van der Waals surface area contributed by atoms with Crippen LogP contribution in [0.1, 0.15) is 51.2 Å². The highest BCUT2D eigenvalue weighted by Crippen LogP contribution is 2.20.